The Morgan fingerprint density at radius 1 is 1.56 bits per heavy atom. The molecule has 0 fully saturated rings. The molecule has 0 bridgehead atoms. The average molecular weight is 311 g/mol. The van der Waals surface area contributed by atoms with Gasteiger partial charge < -0.3 is 5.73 Å². The highest BCUT2D eigenvalue weighted by Gasteiger charge is 2.10. The molecule has 104 valence electrons. The van der Waals surface area contributed by atoms with E-state index in [1.807, 2.05) is 0 Å². The molecule has 0 rings (SSSR count). The third-order valence-corrected chi connectivity index (χ3v) is 3.53. The fourth-order valence-corrected chi connectivity index (χ4v) is 2.59. The van der Waals surface area contributed by atoms with Crippen molar-refractivity contribution in [1.29, 1.82) is 0 Å². The van der Waals surface area contributed by atoms with Gasteiger partial charge in [0.05, 0.1) is 15.0 Å². The first-order chi connectivity index (χ1) is 8.51. The van der Waals surface area contributed by atoms with Crippen molar-refractivity contribution in [2.24, 2.45) is 10.1 Å². The van der Waals surface area contributed by atoms with Crippen LogP contribution in [0.4, 0.5) is 0 Å². The van der Waals surface area contributed by atoms with Crippen molar-refractivity contribution in [3.05, 3.63) is 22.0 Å². The molecule has 0 aromatic carbocycles. The zero-order valence-electron chi connectivity index (χ0n) is 10.4. The van der Waals surface area contributed by atoms with E-state index in [1.54, 1.807) is 0 Å². The summed E-state index contributed by atoms with van der Waals surface area (Å²) >= 11 is 4.60. The molecule has 0 aromatic heterocycles. The topological polar surface area (TPSA) is 75.7 Å². The van der Waals surface area contributed by atoms with Crippen LogP contribution in [0, 0.1) is 0 Å². The quantitative estimate of drug-likeness (QED) is 0.386. The fourth-order valence-electron chi connectivity index (χ4n) is 1.34. The van der Waals surface area contributed by atoms with Gasteiger partial charge in [-0.25, -0.2) is 4.21 Å². The molecule has 7 heteroatoms. The summed E-state index contributed by atoms with van der Waals surface area (Å²) in [6.45, 7) is 5.67. The maximum atomic E-state index is 10.8. The van der Waals surface area contributed by atoms with Crippen molar-refractivity contribution in [2.75, 3.05) is 0 Å². The number of hydrogen-bond acceptors (Lipinski definition) is 3. The highest BCUT2D eigenvalue weighted by Crippen LogP contribution is 2.29. The van der Waals surface area contributed by atoms with Crippen LogP contribution in [0.3, 0.4) is 0 Å². The monoisotopic (exact) mass is 310 g/mol. The van der Waals surface area contributed by atoms with Gasteiger partial charge in [-0.05, 0) is 12.8 Å². The molecular formula is C11H19ClN2O2S2. The predicted octanol–water partition coefficient (Wildman–Crippen LogP) is 3.78. The van der Waals surface area contributed by atoms with Crippen molar-refractivity contribution in [2.45, 2.75) is 39.0 Å². The van der Waals surface area contributed by atoms with Crippen molar-refractivity contribution in [3.63, 3.8) is 0 Å². The Morgan fingerprint density at radius 3 is 2.67 bits per heavy atom. The van der Waals surface area contributed by atoms with Gasteiger partial charge >= 0.3 is 0 Å². The van der Waals surface area contributed by atoms with Gasteiger partial charge in [-0.1, -0.05) is 56.1 Å². The second-order valence-corrected chi connectivity index (χ2v) is 6.03. The van der Waals surface area contributed by atoms with Crippen LogP contribution in [0.2, 0.25) is 0 Å². The van der Waals surface area contributed by atoms with E-state index in [2.05, 4.69) is 17.9 Å². The molecule has 0 heterocycles. The molecular weight excluding hydrogens is 292 g/mol. The van der Waals surface area contributed by atoms with E-state index in [0.29, 0.717) is 21.4 Å². The summed E-state index contributed by atoms with van der Waals surface area (Å²) in [5.74, 6) is 0. The summed E-state index contributed by atoms with van der Waals surface area (Å²) in [5, 5.41) is 0. The van der Waals surface area contributed by atoms with Crippen LogP contribution < -0.4 is 5.73 Å². The van der Waals surface area contributed by atoms with E-state index in [9.17, 15) is 4.21 Å². The average Bonchev–Trinajstić information content (AvgIpc) is 2.29. The van der Waals surface area contributed by atoms with E-state index in [-0.39, 0.29) is 0 Å². The van der Waals surface area contributed by atoms with Crippen molar-refractivity contribution in [3.8, 4) is 0 Å². The molecule has 3 N–H and O–H groups in total. The molecule has 1 atom stereocenters. The normalized spacial score (nSPS) is 14.6. The summed E-state index contributed by atoms with van der Waals surface area (Å²) in [6.07, 6.45) is 6.16. The predicted molar refractivity (Wildman–Crippen MR) is 81.8 cm³/mol. The number of hydrogen-bond donors (Lipinski definition) is 2. The number of nitrogens with two attached hydrogens (primary N) is 1. The zero-order valence-corrected chi connectivity index (χ0v) is 12.8. The van der Waals surface area contributed by atoms with Gasteiger partial charge in [-0.2, -0.15) is 4.40 Å². The minimum absolute atomic E-state index is 0.344. The largest absolute Gasteiger partial charge is 0.404 e. The van der Waals surface area contributed by atoms with Gasteiger partial charge in [0.2, 0.25) is 0 Å². The summed E-state index contributed by atoms with van der Waals surface area (Å²) < 4.78 is 23.7. The number of halogens is 1. The molecule has 18 heavy (non-hydrogen) atoms. The van der Waals surface area contributed by atoms with E-state index in [0.717, 1.165) is 37.4 Å². The highest BCUT2D eigenvalue weighted by molar-refractivity contribution is 8.09. The van der Waals surface area contributed by atoms with Gasteiger partial charge in [-0.3, -0.25) is 4.55 Å². The van der Waals surface area contributed by atoms with E-state index in [1.165, 1.54) is 6.20 Å². The minimum atomic E-state index is -2.23. The molecule has 0 saturated heterocycles. The Kier molecular flexibility index (Phi) is 10.4. The van der Waals surface area contributed by atoms with Gasteiger partial charge in [-0.15, -0.1) is 0 Å². The SMILES string of the molecule is C=C(Cl)S/C(=C\N)C(CCCCCC)=NS(=O)O. The Balaban J connectivity index is 4.66. The van der Waals surface area contributed by atoms with Crippen LogP contribution in [0.25, 0.3) is 0 Å². The number of nitrogens with zero attached hydrogens (tertiary/aromatic N) is 1. The van der Waals surface area contributed by atoms with Crippen LogP contribution in [-0.2, 0) is 11.3 Å². The lowest BCUT2D eigenvalue weighted by Gasteiger charge is -2.08. The molecule has 4 nitrogen and oxygen atoms in total. The summed E-state index contributed by atoms with van der Waals surface area (Å²) in [6, 6.07) is 0. The highest BCUT2D eigenvalue weighted by atomic mass is 35.5. The first kappa shape index (κ1) is 17.7. The molecule has 1 unspecified atom stereocenters. The first-order valence-electron chi connectivity index (χ1n) is 5.64. The third kappa shape index (κ3) is 8.74. The Bertz CT molecular complexity index is 357. The molecule has 0 aliphatic carbocycles. The second kappa shape index (κ2) is 10.6. The van der Waals surface area contributed by atoms with Crippen molar-refractivity contribution < 1.29 is 8.76 Å². The maximum Gasteiger partial charge on any atom is 0.282 e. The van der Waals surface area contributed by atoms with Gasteiger partial charge in [0.25, 0.3) is 11.3 Å². The van der Waals surface area contributed by atoms with E-state index >= 15 is 0 Å². The lowest BCUT2D eigenvalue weighted by atomic mass is 10.1. The fraction of sp³-hybridized carbons (Fsp3) is 0.545. The van der Waals surface area contributed by atoms with E-state index in [4.69, 9.17) is 21.9 Å². The van der Waals surface area contributed by atoms with Crippen molar-refractivity contribution >= 4 is 40.3 Å². The minimum Gasteiger partial charge on any atom is -0.404 e. The lowest BCUT2D eigenvalue weighted by molar-refractivity contribution is 0.566. The number of thioether (sulfide) groups is 1. The Labute approximate surface area is 120 Å². The van der Waals surface area contributed by atoms with Gasteiger partial charge in [0, 0.05) is 6.20 Å². The molecule has 0 radical (unpaired) electrons. The number of rotatable bonds is 9. The summed E-state index contributed by atoms with van der Waals surface area (Å²) in [5.41, 5.74) is 5.99. The van der Waals surface area contributed by atoms with Crippen LogP contribution in [-0.4, -0.2) is 14.5 Å². The van der Waals surface area contributed by atoms with Gasteiger partial charge in [0.1, 0.15) is 0 Å². The Hall–Kier alpha value is -0.300. The summed E-state index contributed by atoms with van der Waals surface area (Å²) in [7, 11) is 0. The Morgan fingerprint density at radius 2 is 2.22 bits per heavy atom. The van der Waals surface area contributed by atoms with Crippen LogP contribution >= 0.6 is 23.4 Å². The standard InChI is InChI=1S/C11H19ClN2O2S2/c1-3-4-5-6-7-10(14-18(15)16)11(8-13)17-9(2)12/h8H,2-7,13H2,1H3,(H,15,16)/b11-8-,14-10?. The van der Waals surface area contributed by atoms with Crippen LogP contribution in [0.1, 0.15) is 39.0 Å². The smallest absolute Gasteiger partial charge is 0.282 e. The second-order valence-electron chi connectivity index (χ2n) is 3.57. The lowest BCUT2D eigenvalue weighted by Crippen LogP contribution is -2.05. The zero-order chi connectivity index (χ0) is 14.0. The van der Waals surface area contributed by atoms with Gasteiger partial charge in [0.15, 0.2) is 0 Å². The van der Waals surface area contributed by atoms with Crippen LogP contribution in [0.15, 0.2) is 26.4 Å². The molecule has 0 aliphatic heterocycles. The molecule has 0 saturated carbocycles. The molecule has 0 aliphatic rings. The molecule has 0 amide bonds. The number of unbranched alkanes of at least 4 members (excludes halogenated alkanes) is 3. The molecule has 0 spiro atoms. The van der Waals surface area contributed by atoms with Crippen LogP contribution in [0.5, 0.6) is 0 Å². The van der Waals surface area contributed by atoms with Crippen molar-refractivity contribution in [1.82, 2.24) is 0 Å². The summed E-state index contributed by atoms with van der Waals surface area (Å²) in [4.78, 5) is 0.578. The first-order valence-corrected chi connectivity index (χ1v) is 7.90. The third-order valence-electron chi connectivity index (χ3n) is 2.11. The maximum absolute atomic E-state index is 10.8. The molecule has 0 aromatic rings. The number of allylic oxidation sites excluding steroid dienone is 1. The van der Waals surface area contributed by atoms with E-state index < -0.39 is 11.3 Å².